The lowest BCUT2D eigenvalue weighted by atomic mass is 9.89. The van der Waals surface area contributed by atoms with E-state index < -0.39 is 0 Å². The number of nitrogens with zero attached hydrogens (tertiary/aromatic N) is 1. The van der Waals surface area contributed by atoms with Gasteiger partial charge in [-0.3, -0.25) is 0 Å². The maximum absolute atomic E-state index is 14.3. The zero-order valence-corrected chi connectivity index (χ0v) is 17.6. The van der Waals surface area contributed by atoms with Crippen LogP contribution in [-0.2, 0) is 4.74 Å². The second-order valence-corrected chi connectivity index (χ2v) is 7.09. The number of rotatable bonds is 9. The maximum atomic E-state index is 14.3. The zero-order chi connectivity index (χ0) is 20.6. The highest BCUT2D eigenvalue weighted by molar-refractivity contribution is 5.87. The molecule has 2 aromatic rings. The summed E-state index contributed by atoms with van der Waals surface area (Å²) >= 11 is 0. The summed E-state index contributed by atoms with van der Waals surface area (Å²) in [6, 6.07) is 15.0. The number of methoxy groups -OCH3 is 1. The van der Waals surface area contributed by atoms with Gasteiger partial charge in [0.1, 0.15) is 23.9 Å². The fourth-order valence-electron chi connectivity index (χ4n) is 3.66. The number of hydrogen-bond donors (Lipinski definition) is 0. The predicted octanol–water partition coefficient (Wildman–Crippen LogP) is 5.78. The second-order valence-electron chi connectivity index (χ2n) is 7.09. The number of allylic oxidation sites excluding steroid dienone is 4. The molecule has 3 rings (SSSR count). The van der Waals surface area contributed by atoms with E-state index in [4.69, 9.17) is 9.47 Å². The van der Waals surface area contributed by atoms with Crippen molar-refractivity contribution in [2.24, 2.45) is 0 Å². The highest BCUT2D eigenvalue weighted by atomic mass is 19.1. The molecular formula is C25H30FNO2. The minimum Gasteiger partial charge on any atom is -0.500 e. The van der Waals surface area contributed by atoms with E-state index in [9.17, 15) is 4.39 Å². The standard InChI is InChI=1S/C25H30FNO2/c1-4-27(5-2)16-17-29-21-13-10-19(11-14-21)23-18-20(12-15-25(23)28-3)22-8-6-7-9-24(22)26/h6-11,13-14,18H,4-5,12,15-17H2,1-3H3. The van der Waals surface area contributed by atoms with Crippen LogP contribution in [0.2, 0.25) is 0 Å². The van der Waals surface area contributed by atoms with Gasteiger partial charge in [-0.2, -0.15) is 0 Å². The fourth-order valence-corrected chi connectivity index (χ4v) is 3.66. The van der Waals surface area contributed by atoms with Gasteiger partial charge in [0.2, 0.25) is 0 Å². The van der Waals surface area contributed by atoms with Crippen molar-refractivity contribution in [3.05, 3.63) is 77.3 Å². The molecule has 0 atom stereocenters. The van der Waals surface area contributed by atoms with Gasteiger partial charge in [0, 0.05) is 24.1 Å². The average molecular weight is 396 g/mol. The summed E-state index contributed by atoms with van der Waals surface area (Å²) in [6.45, 7) is 7.97. The third-order valence-electron chi connectivity index (χ3n) is 5.44. The van der Waals surface area contributed by atoms with E-state index >= 15 is 0 Å². The van der Waals surface area contributed by atoms with Crippen molar-refractivity contribution in [3.63, 3.8) is 0 Å². The van der Waals surface area contributed by atoms with Crippen molar-refractivity contribution in [1.82, 2.24) is 4.90 Å². The van der Waals surface area contributed by atoms with E-state index in [1.165, 1.54) is 6.07 Å². The number of hydrogen-bond acceptors (Lipinski definition) is 3. The summed E-state index contributed by atoms with van der Waals surface area (Å²) in [5.74, 6) is 1.60. The molecule has 0 amide bonds. The van der Waals surface area contributed by atoms with Crippen LogP contribution >= 0.6 is 0 Å². The number of ether oxygens (including phenoxy) is 2. The van der Waals surface area contributed by atoms with E-state index in [2.05, 4.69) is 24.8 Å². The molecule has 0 aliphatic heterocycles. The van der Waals surface area contributed by atoms with Crippen LogP contribution in [0.1, 0.15) is 37.8 Å². The van der Waals surface area contributed by atoms with Crippen LogP contribution in [0.15, 0.2) is 60.4 Å². The van der Waals surface area contributed by atoms with Crippen molar-refractivity contribution in [2.45, 2.75) is 26.7 Å². The Morgan fingerprint density at radius 3 is 2.34 bits per heavy atom. The Balaban J connectivity index is 1.77. The Labute approximate surface area is 173 Å². The van der Waals surface area contributed by atoms with E-state index in [-0.39, 0.29) is 5.82 Å². The Bertz CT molecular complexity index is 867. The molecule has 1 aliphatic rings. The minimum absolute atomic E-state index is 0.184. The lowest BCUT2D eigenvalue weighted by Gasteiger charge is -2.21. The molecule has 0 aromatic heterocycles. The van der Waals surface area contributed by atoms with Crippen LogP contribution in [0.5, 0.6) is 5.75 Å². The number of likely N-dealkylation sites (N-methyl/N-ethyl adjacent to an activating group) is 1. The lowest BCUT2D eigenvalue weighted by molar-refractivity contribution is 0.223. The van der Waals surface area contributed by atoms with Crippen molar-refractivity contribution in [2.75, 3.05) is 33.4 Å². The summed E-state index contributed by atoms with van der Waals surface area (Å²) in [5, 5.41) is 0. The molecule has 29 heavy (non-hydrogen) atoms. The number of benzene rings is 2. The van der Waals surface area contributed by atoms with E-state index in [1.54, 1.807) is 13.2 Å². The first-order chi connectivity index (χ1) is 14.2. The highest BCUT2D eigenvalue weighted by Gasteiger charge is 2.18. The Hall–Kier alpha value is -2.59. The summed E-state index contributed by atoms with van der Waals surface area (Å²) in [5.41, 5.74) is 3.72. The maximum Gasteiger partial charge on any atom is 0.130 e. The van der Waals surface area contributed by atoms with E-state index in [0.717, 1.165) is 60.7 Å². The van der Waals surface area contributed by atoms with Gasteiger partial charge in [0.15, 0.2) is 0 Å². The van der Waals surface area contributed by atoms with Crippen LogP contribution in [0.3, 0.4) is 0 Å². The molecule has 0 fully saturated rings. The minimum atomic E-state index is -0.184. The summed E-state index contributed by atoms with van der Waals surface area (Å²) in [7, 11) is 1.70. The first-order valence-electron chi connectivity index (χ1n) is 10.3. The van der Waals surface area contributed by atoms with Crippen molar-refractivity contribution in [1.29, 1.82) is 0 Å². The molecule has 0 N–H and O–H groups in total. The topological polar surface area (TPSA) is 21.7 Å². The van der Waals surface area contributed by atoms with Crippen LogP contribution in [0.4, 0.5) is 4.39 Å². The Kier molecular flexibility index (Phi) is 7.48. The van der Waals surface area contributed by atoms with Gasteiger partial charge >= 0.3 is 0 Å². The average Bonchev–Trinajstić information content (AvgIpc) is 2.77. The smallest absolute Gasteiger partial charge is 0.130 e. The lowest BCUT2D eigenvalue weighted by Crippen LogP contribution is -2.27. The molecule has 3 nitrogen and oxygen atoms in total. The summed E-state index contributed by atoms with van der Waals surface area (Å²) < 4.78 is 25.8. The molecule has 1 aliphatic carbocycles. The van der Waals surface area contributed by atoms with Crippen LogP contribution < -0.4 is 4.74 Å². The first-order valence-corrected chi connectivity index (χ1v) is 10.3. The molecule has 0 saturated heterocycles. The third kappa shape index (κ3) is 5.27. The highest BCUT2D eigenvalue weighted by Crippen LogP contribution is 2.36. The number of halogens is 1. The second kappa shape index (κ2) is 10.3. The summed E-state index contributed by atoms with van der Waals surface area (Å²) in [6.07, 6.45) is 3.57. The molecule has 0 unspecified atom stereocenters. The monoisotopic (exact) mass is 395 g/mol. The molecule has 154 valence electrons. The Morgan fingerprint density at radius 2 is 1.69 bits per heavy atom. The Morgan fingerprint density at radius 1 is 0.966 bits per heavy atom. The van der Waals surface area contributed by atoms with Gasteiger partial charge in [-0.15, -0.1) is 0 Å². The normalized spacial score (nSPS) is 14.2. The molecule has 0 spiro atoms. The zero-order valence-electron chi connectivity index (χ0n) is 17.6. The molecule has 0 bridgehead atoms. The van der Waals surface area contributed by atoms with Gasteiger partial charge < -0.3 is 14.4 Å². The van der Waals surface area contributed by atoms with Crippen molar-refractivity contribution >= 4 is 11.1 Å². The van der Waals surface area contributed by atoms with Gasteiger partial charge in [-0.05, 0) is 54.9 Å². The van der Waals surface area contributed by atoms with Crippen molar-refractivity contribution in [3.8, 4) is 5.75 Å². The van der Waals surface area contributed by atoms with Crippen LogP contribution in [-0.4, -0.2) is 38.3 Å². The van der Waals surface area contributed by atoms with Gasteiger partial charge in [-0.25, -0.2) is 4.39 Å². The third-order valence-corrected chi connectivity index (χ3v) is 5.44. The molecule has 4 heteroatoms. The molecule has 2 aromatic carbocycles. The van der Waals surface area contributed by atoms with Gasteiger partial charge in [0.05, 0.1) is 7.11 Å². The predicted molar refractivity (Wildman–Crippen MR) is 117 cm³/mol. The van der Waals surface area contributed by atoms with E-state index in [1.807, 2.05) is 36.4 Å². The fraction of sp³-hybridized carbons (Fsp3) is 0.360. The van der Waals surface area contributed by atoms with E-state index in [0.29, 0.717) is 12.2 Å². The largest absolute Gasteiger partial charge is 0.500 e. The summed E-state index contributed by atoms with van der Waals surface area (Å²) in [4.78, 5) is 2.33. The quantitative estimate of drug-likeness (QED) is 0.537. The first kappa shape index (κ1) is 21.1. The SMILES string of the molecule is CCN(CC)CCOc1ccc(C2=C(OC)CCC(c3ccccc3F)=C2)cc1. The van der Waals surface area contributed by atoms with Crippen LogP contribution in [0, 0.1) is 5.82 Å². The van der Waals surface area contributed by atoms with Crippen LogP contribution in [0.25, 0.3) is 11.1 Å². The molecule has 0 heterocycles. The molecule has 0 saturated carbocycles. The molecular weight excluding hydrogens is 365 g/mol. The van der Waals surface area contributed by atoms with Gasteiger partial charge in [0.25, 0.3) is 0 Å². The van der Waals surface area contributed by atoms with Crippen molar-refractivity contribution < 1.29 is 13.9 Å². The van der Waals surface area contributed by atoms with Gasteiger partial charge in [-0.1, -0.05) is 44.2 Å². The molecule has 0 radical (unpaired) electrons.